The number of thioether (sulfide) groups is 1. The largest absolute Gasteiger partial charge is 0.469 e. The number of methoxy groups -OCH3 is 1. The fourth-order valence-corrected chi connectivity index (χ4v) is 2.93. The lowest BCUT2D eigenvalue weighted by Gasteiger charge is -2.08. The molecule has 0 rings (SSSR count). The van der Waals surface area contributed by atoms with Crippen molar-refractivity contribution in [1.29, 1.82) is 0 Å². The summed E-state index contributed by atoms with van der Waals surface area (Å²) in [5.41, 5.74) is 0. The maximum absolute atomic E-state index is 11.2. The zero-order chi connectivity index (χ0) is 13.6. The van der Waals surface area contributed by atoms with Gasteiger partial charge in [-0.1, -0.05) is 58.8 Å². The molecule has 0 aromatic carbocycles. The van der Waals surface area contributed by atoms with Gasteiger partial charge in [0.25, 0.3) is 0 Å². The first-order valence-electron chi connectivity index (χ1n) is 7.38. The summed E-state index contributed by atoms with van der Waals surface area (Å²) in [6.07, 6.45) is 10.9. The van der Waals surface area contributed by atoms with Crippen LogP contribution in [0.4, 0.5) is 0 Å². The van der Waals surface area contributed by atoms with Gasteiger partial charge in [-0.3, -0.25) is 4.79 Å². The predicted octanol–water partition coefficient (Wildman–Crippen LogP) is 4.67. The number of ether oxygens (including phenoxy) is 1. The van der Waals surface area contributed by atoms with Gasteiger partial charge in [-0.2, -0.15) is 11.8 Å². The lowest BCUT2D eigenvalue weighted by atomic mass is 10.1. The van der Waals surface area contributed by atoms with Crippen molar-refractivity contribution in [1.82, 2.24) is 0 Å². The number of carbonyl (C=O) groups is 1. The summed E-state index contributed by atoms with van der Waals surface area (Å²) in [6.45, 7) is 4.19. The molecule has 0 heterocycles. The van der Waals surface area contributed by atoms with Crippen molar-refractivity contribution in [2.45, 2.75) is 65.2 Å². The Labute approximate surface area is 117 Å². The van der Waals surface area contributed by atoms with Crippen LogP contribution < -0.4 is 0 Å². The van der Waals surface area contributed by atoms with E-state index in [0.29, 0.717) is 0 Å². The van der Waals surface area contributed by atoms with E-state index in [2.05, 4.69) is 6.92 Å². The minimum absolute atomic E-state index is 0.0362. The Morgan fingerprint density at radius 3 is 2.17 bits per heavy atom. The van der Waals surface area contributed by atoms with E-state index >= 15 is 0 Å². The second-order valence-corrected chi connectivity index (χ2v) is 6.12. The van der Waals surface area contributed by atoms with E-state index in [1.165, 1.54) is 64.2 Å². The second-order valence-electron chi connectivity index (χ2n) is 4.97. The van der Waals surface area contributed by atoms with E-state index in [1.54, 1.807) is 0 Å². The molecule has 0 aliphatic heterocycles. The molecule has 108 valence electrons. The Kier molecular flexibility index (Phi) is 13.1. The topological polar surface area (TPSA) is 26.3 Å². The highest BCUT2D eigenvalue weighted by Crippen LogP contribution is 2.14. The molecule has 1 atom stereocenters. The maximum Gasteiger partial charge on any atom is 0.309 e. The Bertz CT molecular complexity index is 195. The van der Waals surface area contributed by atoms with Crippen molar-refractivity contribution < 1.29 is 9.53 Å². The highest BCUT2D eigenvalue weighted by molar-refractivity contribution is 7.99. The summed E-state index contributed by atoms with van der Waals surface area (Å²) in [5, 5.41) is 0. The van der Waals surface area contributed by atoms with Crippen LogP contribution in [0.5, 0.6) is 0 Å². The van der Waals surface area contributed by atoms with Gasteiger partial charge < -0.3 is 4.74 Å². The molecule has 2 nitrogen and oxygen atoms in total. The van der Waals surface area contributed by atoms with Gasteiger partial charge in [0.15, 0.2) is 0 Å². The number of hydrogen-bond acceptors (Lipinski definition) is 3. The van der Waals surface area contributed by atoms with Crippen LogP contribution in [0.3, 0.4) is 0 Å². The Hall–Kier alpha value is -0.180. The Balaban J connectivity index is 3.14. The van der Waals surface area contributed by atoms with Crippen LogP contribution in [0.2, 0.25) is 0 Å². The van der Waals surface area contributed by atoms with Crippen LogP contribution in [0.1, 0.15) is 65.2 Å². The van der Waals surface area contributed by atoms with Crippen LogP contribution in [-0.4, -0.2) is 24.6 Å². The first-order valence-corrected chi connectivity index (χ1v) is 8.53. The SMILES string of the molecule is CCCCCCCCCCSCC(C)C(=O)OC. The highest BCUT2D eigenvalue weighted by atomic mass is 32.2. The minimum atomic E-state index is -0.0848. The lowest BCUT2D eigenvalue weighted by Crippen LogP contribution is -2.15. The quantitative estimate of drug-likeness (QED) is 0.382. The molecular formula is C15H30O2S. The fourth-order valence-electron chi connectivity index (χ4n) is 1.87. The summed E-state index contributed by atoms with van der Waals surface area (Å²) < 4.78 is 4.70. The average Bonchev–Trinajstić information content (AvgIpc) is 2.39. The maximum atomic E-state index is 11.2. The molecule has 1 unspecified atom stereocenters. The van der Waals surface area contributed by atoms with Crippen molar-refractivity contribution in [2.75, 3.05) is 18.6 Å². The molecule has 0 aliphatic carbocycles. The van der Waals surface area contributed by atoms with Gasteiger partial charge in [0.2, 0.25) is 0 Å². The number of esters is 1. The van der Waals surface area contributed by atoms with E-state index in [0.717, 1.165) is 5.75 Å². The molecular weight excluding hydrogens is 244 g/mol. The summed E-state index contributed by atoms with van der Waals surface area (Å²) >= 11 is 1.88. The van der Waals surface area contributed by atoms with Crippen LogP contribution in [0.25, 0.3) is 0 Å². The number of carbonyl (C=O) groups excluding carboxylic acids is 1. The fraction of sp³-hybridized carbons (Fsp3) is 0.933. The number of hydrogen-bond donors (Lipinski definition) is 0. The van der Waals surface area contributed by atoms with Crippen LogP contribution in [0, 0.1) is 5.92 Å². The highest BCUT2D eigenvalue weighted by Gasteiger charge is 2.11. The van der Waals surface area contributed by atoms with Crippen molar-refractivity contribution >= 4 is 17.7 Å². The Morgan fingerprint density at radius 1 is 1.06 bits per heavy atom. The van der Waals surface area contributed by atoms with Crippen molar-refractivity contribution in [3.8, 4) is 0 Å². The van der Waals surface area contributed by atoms with Gasteiger partial charge in [-0.15, -0.1) is 0 Å². The van der Waals surface area contributed by atoms with Crippen LogP contribution >= 0.6 is 11.8 Å². The molecule has 0 saturated heterocycles. The van der Waals surface area contributed by atoms with Gasteiger partial charge >= 0.3 is 5.97 Å². The molecule has 0 saturated carbocycles. The standard InChI is InChI=1S/C15H30O2S/c1-4-5-6-7-8-9-10-11-12-18-13-14(2)15(16)17-3/h14H,4-13H2,1-3H3. The third-order valence-corrected chi connectivity index (χ3v) is 4.43. The summed E-state index contributed by atoms with van der Waals surface area (Å²) in [4.78, 5) is 11.2. The summed E-state index contributed by atoms with van der Waals surface area (Å²) in [7, 11) is 1.46. The molecule has 0 aliphatic rings. The molecule has 0 bridgehead atoms. The second kappa shape index (κ2) is 13.3. The van der Waals surface area contributed by atoms with E-state index in [9.17, 15) is 4.79 Å². The molecule has 18 heavy (non-hydrogen) atoms. The van der Waals surface area contributed by atoms with Gasteiger partial charge in [0.05, 0.1) is 13.0 Å². The van der Waals surface area contributed by atoms with E-state index < -0.39 is 0 Å². The molecule has 3 heteroatoms. The molecule has 0 fully saturated rings. The zero-order valence-corrected chi connectivity index (χ0v) is 13.2. The van der Waals surface area contributed by atoms with Crippen LogP contribution in [-0.2, 0) is 9.53 Å². The van der Waals surface area contributed by atoms with Crippen LogP contribution in [0.15, 0.2) is 0 Å². The van der Waals surface area contributed by atoms with Gasteiger partial charge in [0, 0.05) is 5.75 Å². The molecule has 0 aromatic rings. The zero-order valence-electron chi connectivity index (χ0n) is 12.4. The monoisotopic (exact) mass is 274 g/mol. The van der Waals surface area contributed by atoms with Gasteiger partial charge in [0.1, 0.15) is 0 Å². The van der Waals surface area contributed by atoms with Crippen molar-refractivity contribution in [3.63, 3.8) is 0 Å². The Morgan fingerprint density at radius 2 is 1.61 bits per heavy atom. The number of rotatable bonds is 12. The first kappa shape index (κ1) is 17.8. The van der Waals surface area contributed by atoms with Gasteiger partial charge in [-0.25, -0.2) is 0 Å². The lowest BCUT2D eigenvalue weighted by molar-refractivity contribution is -0.143. The summed E-state index contributed by atoms with van der Waals surface area (Å²) in [5.74, 6) is 2.02. The van der Waals surface area contributed by atoms with Crippen molar-refractivity contribution in [2.24, 2.45) is 5.92 Å². The third kappa shape index (κ3) is 10.9. The average molecular weight is 274 g/mol. The minimum Gasteiger partial charge on any atom is -0.469 e. The smallest absolute Gasteiger partial charge is 0.309 e. The molecule has 0 N–H and O–H groups in total. The normalized spacial score (nSPS) is 12.4. The molecule has 0 amide bonds. The van der Waals surface area contributed by atoms with E-state index in [4.69, 9.17) is 4.74 Å². The molecule has 0 spiro atoms. The molecule has 0 radical (unpaired) electrons. The summed E-state index contributed by atoms with van der Waals surface area (Å²) in [6, 6.07) is 0. The predicted molar refractivity (Wildman–Crippen MR) is 81.1 cm³/mol. The first-order chi connectivity index (χ1) is 8.72. The van der Waals surface area contributed by atoms with Gasteiger partial charge in [-0.05, 0) is 12.2 Å². The van der Waals surface area contributed by atoms with Crippen molar-refractivity contribution in [3.05, 3.63) is 0 Å². The third-order valence-electron chi connectivity index (χ3n) is 3.11. The molecule has 0 aromatic heterocycles. The van der Waals surface area contributed by atoms with E-state index in [-0.39, 0.29) is 11.9 Å². The van der Waals surface area contributed by atoms with E-state index in [1.807, 2.05) is 18.7 Å². The number of unbranched alkanes of at least 4 members (excludes halogenated alkanes) is 7.